The highest BCUT2D eigenvalue weighted by molar-refractivity contribution is 5.72. The van der Waals surface area contributed by atoms with Crippen molar-refractivity contribution in [3.05, 3.63) is 35.6 Å². The summed E-state index contributed by atoms with van der Waals surface area (Å²) in [5.41, 5.74) is 1.14. The van der Waals surface area contributed by atoms with Gasteiger partial charge in [-0.25, -0.2) is 4.39 Å². The number of hydrogen-bond donors (Lipinski definition) is 0. The third kappa shape index (κ3) is 2.27. The normalized spacial score (nSPS) is 33.1. The van der Waals surface area contributed by atoms with E-state index in [0.717, 1.165) is 18.4 Å². The minimum atomic E-state index is -0.283. The molecule has 1 aromatic rings. The fourth-order valence-electron chi connectivity index (χ4n) is 4.28. The van der Waals surface area contributed by atoms with Crippen LogP contribution in [0.5, 0.6) is 0 Å². The Morgan fingerprint density at radius 3 is 2.48 bits per heavy atom. The maximum Gasteiger partial charge on any atom is 0.310 e. The van der Waals surface area contributed by atoms with Crippen LogP contribution in [0, 0.1) is 22.6 Å². The lowest BCUT2D eigenvalue weighted by atomic mass is 9.70. The number of esters is 1. The molecule has 0 amide bonds. The minimum Gasteiger partial charge on any atom is -0.462 e. The van der Waals surface area contributed by atoms with Crippen LogP contribution < -0.4 is 0 Å². The lowest BCUT2D eigenvalue weighted by Gasteiger charge is -2.38. The van der Waals surface area contributed by atoms with Crippen molar-refractivity contribution in [2.24, 2.45) is 16.7 Å². The number of benzene rings is 1. The van der Waals surface area contributed by atoms with Gasteiger partial charge < -0.3 is 4.74 Å². The van der Waals surface area contributed by atoms with E-state index in [1.54, 1.807) is 12.1 Å². The van der Waals surface area contributed by atoms with Crippen molar-refractivity contribution in [1.29, 1.82) is 0 Å². The first-order valence-corrected chi connectivity index (χ1v) is 7.77. The Labute approximate surface area is 125 Å². The Balaban J connectivity index is 1.65. The molecular weight excluding hydrogens is 267 g/mol. The monoisotopic (exact) mass is 290 g/mol. The smallest absolute Gasteiger partial charge is 0.310 e. The lowest BCUT2D eigenvalue weighted by molar-refractivity contribution is -0.156. The molecule has 0 radical (unpaired) electrons. The number of ether oxygens (including phenoxy) is 1. The van der Waals surface area contributed by atoms with E-state index in [9.17, 15) is 9.18 Å². The molecule has 2 aliphatic carbocycles. The molecular formula is C18H23FO2. The summed E-state index contributed by atoms with van der Waals surface area (Å²) >= 11 is 0. The fourth-order valence-corrected chi connectivity index (χ4v) is 4.28. The van der Waals surface area contributed by atoms with Gasteiger partial charge >= 0.3 is 5.97 Å². The Morgan fingerprint density at radius 1 is 1.29 bits per heavy atom. The van der Waals surface area contributed by atoms with E-state index in [-0.39, 0.29) is 35.1 Å². The summed E-state index contributed by atoms with van der Waals surface area (Å²) in [6.45, 7) is 6.87. The second kappa shape index (κ2) is 4.82. The molecule has 21 heavy (non-hydrogen) atoms. The van der Waals surface area contributed by atoms with Crippen LogP contribution in [0.4, 0.5) is 4.39 Å². The molecule has 1 aromatic carbocycles. The Morgan fingerprint density at radius 2 is 1.95 bits per heavy atom. The number of halogens is 1. The maximum absolute atomic E-state index is 12.9. The van der Waals surface area contributed by atoms with Gasteiger partial charge in [0.2, 0.25) is 0 Å². The van der Waals surface area contributed by atoms with E-state index >= 15 is 0 Å². The molecule has 0 saturated heterocycles. The largest absolute Gasteiger partial charge is 0.462 e. The van der Waals surface area contributed by atoms with Crippen molar-refractivity contribution >= 4 is 5.97 Å². The summed E-state index contributed by atoms with van der Waals surface area (Å²) < 4.78 is 18.7. The highest BCUT2D eigenvalue weighted by Gasteiger charge is 2.62. The number of carbonyl (C=O) groups excluding carboxylic acids is 1. The van der Waals surface area contributed by atoms with Gasteiger partial charge in [-0.2, -0.15) is 0 Å². The second-order valence-electron chi connectivity index (χ2n) is 7.39. The molecule has 114 valence electrons. The highest BCUT2D eigenvalue weighted by Crippen LogP contribution is 2.66. The van der Waals surface area contributed by atoms with Gasteiger partial charge in [0.25, 0.3) is 0 Å². The fraction of sp³-hybridized carbons (Fsp3) is 0.611. The molecule has 3 heteroatoms. The standard InChI is InChI=1S/C18H23FO2/c1-17(2)13-8-9-18(17,3)15(11-13)21-16(20)10-12-4-6-14(19)7-5-12/h4-7,13,15H,8-11H2,1-3H3. The summed E-state index contributed by atoms with van der Waals surface area (Å²) in [4.78, 5) is 12.2. The summed E-state index contributed by atoms with van der Waals surface area (Å²) in [5, 5.41) is 0. The van der Waals surface area contributed by atoms with E-state index in [2.05, 4.69) is 20.8 Å². The van der Waals surface area contributed by atoms with Gasteiger partial charge in [0.1, 0.15) is 11.9 Å². The van der Waals surface area contributed by atoms with Crippen LogP contribution in [0.1, 0.15) is 45.6 Å². The van der Waals surface area contributed by atoms with Gasteiger partial charge in [0, 0.05) is 5.41 Å². The zero-order valence-corrected chi connectivity index (χ0v) is 13.0. The number of hydrogen-bond acceptors (Lipinski definition) is 2. The minimum absolute atomic E-state index is 0.0270. The van der Waals surface area contributed by atoms with Crippen LogP contribution in [-0.4, -0.2) is 12.1 Å². The van der Waals surface area contributed by atoms with Crippen molar-refractivity contribution in [3.63, 3.8) is 0 Å². The SMILES string of the molecule is CC1(C)C2CCC1(C)C(OC(=O)Cc1ccc(F)cc1)C2. The molecule has 0 spiro atoms. The first-order valence-electron chi connectivity index (χ1n) is 7.77. The van der Waals surface area contributed by atoms with Crippen LogP contribution in [0.2, 0.25) is 0 Å². The molecule has 2 bridgehead atoms. The van der Waals surface area contributed by atoms with Crippen molar-refractivity contribution in [2.75, 3.05) is 0 Å². The molecule has 3 rings (SSSR count). The van der Waals surface area contributed by atoms with Gasteiger partial charge in [0.15, 0.2) is 0 Å². The first kappa shape index (κ1) is 14.6. The zero-order chi connectivity index (χ0) is 15.3. The molecule has 3 unspecified atom stereocenters. The van der Waals surface area contributed by atoms with E-state index in [0.29, 0.717) is 5.92 Å². The molecule has 0 N–H and O–H groups in total. The first-order chi connectivity index (χ1) is 9.83. The molecule has 2 fully saturated rings. The van der Waals surface area contributed by atoms with E-state index in [1.807, 2.05) is 0 Å². The predicted molar refractivity (Wildman–Crippen MR) is 79.2 cm³/mol. The zero-order valence-electron chi connectivity index (χ0n) is 13.0. The van der Waals surface area contributed by atoms with Crippen LogP contribution >= 0.6 is 0 Å². The number of fused-ring (bicyclic) bond motifs is 2. The third-order valence-corrected chi connectivity index (χ3v) is 6.25. The molecule has 2 nitrogen and oxygen atoms in total. The van der Waals surface area contributed by atoms with Gasteiger partial charge in [-0.3, -0.25) is 4.79 Å². The predicted octanol–water partition coefficient (Wildman–Crippen LogP) is 4.13. The molecule has 3 atom stereocenters. The average molecular weight is 290 g/mol. The average Bonchev–Trinajstić information content (AvgIpc) is 2.74. The molecule has 0 aliphatic heterocycles. The van der Waals surface area contributed by atoms with Gasteiger partial charge in [-0.1, -0.05) is 32.9 Å². The van der Waals surface area contributed by atoms with Gasteiger partial charge in [0.05, 0.1) is 6.42 Å². The maximum atomic E-state index is 12.9. The summed E-state index contributed by atoms with van der Waals surface area (Å²) in [6.07, 6.45) is 3.62. The van der Waals surface area contributed by atoms with Crippen LogP contribution in [0.25, 0.3) is 0 Å². The van der Waals surface area contributed by atoms with Crippen molar-refractivity contribution in [2.45, 2.75) is 52.6 Å². The van der Waals surface area contributed by atoms with Crippen molar-refractivity contribution < 1.29 is 13.9 Å². The van der Waals surface area contributed by atoms with Crippen LogP contribution in [0.15, 0.2) is 24.3 Å². The Hall–Kier alpha value is -1.38. The van der Waals surface area contributed by atoms with E-state index in [1.165, 1.54) is 18.6 Å². The molecule has 2 saturated carbocycles. The summed E-state index contributed by atoms with van der Waals surface area (Å²) in [6, 6.07) is 6.04. The van der Waals surface area contributed by atoms with Gasteiger partial charge in [-0.05, 0) is 48.3 Å². The molecule has 2 aliphatic rings. The highest BCUT2D eigenvalue weighted by atomic mass is 19.1. The summed E-state index contributed by atoms with van der Waals surface area (Å²) in [7, 11) is 0. The van der Waals surface area contributed by atoms with E-state index < -0.39 is 0 Å². The molecule has 0 aromatic heterocycles. The third-order valence-electron chi connectivity index (χ3n) is 6.25. The van der Waals surface area contributed by atoms with Crippen molar-refractivity contribution in [1.82, 2.24) is 0 Å². The van der Waals surface area contributed by atoms with Crippen LogP contribution in [-0.2, 0) is 16.0 Å². The number of carbonyl (C=O) groups is 1. The molecule has 0 heterocycles. The Bertz CT molecular complexity index is 549. The van der Waals surface area contributed by atoms with Gasteiger partial charge in [-0.15, -0.1) is 0 Å². The second-order valence-corrected chi connectivity index (χ2v) is 7.39. The van der Waals surface area contributed by atoms with Crippen LogP contribution in [0.3, 0.4) is 0 Å². The van der Waals surface area contributed by atoms with Crippen molar-refractivity contribution in [3.8, 4) is 0 Å². The lowest BCUT2D eigenvalue weighted by Crippen LogP contribution is -2.38. The topological polar surface area (TPSA) is 26.3 Å². The Kier molecular flexibility index (Phi) is 3.34. The van der Waals surface area contributed by atoms with E-state index in [4.69, 9.17) is 4.74 Å². The summed E-state index contributed by atoms with van der Waals surface area (Å²) in [5.74, 6) is 0.178. The quantitative estimate of drug-likeness (QED) is 0.783. The number of rotatable bonds is 3.